The summed E-state index contributed by atoms with van der Waals surface area (Å²) in [5.41, 5.74) is 4.76. The van der Waals surface area contributed by atoms with Crippen molar-refractivity contribution in [2.24, 2.45) is 0 Å². The van der Waals surface area contributed by atoms with Crippen molar-refractivity contribution in [3.8, 4) is 0 Å². The highest BCUT2D eigenvalue weighted by Gasteiger charge is 2.09. The van der Waals surface area contributed by atoms with Crippen LogP contribution in [0.1, 0.15) is 35.9 Å². The number of nitrogens with one attached hydrogen (secondary N) is 1. The van der Waals surface area contributed by atoms with Crippen LogP contribution < -0.4 is 10.2 Å². The largest absolute Gasteiger partial charge is 0.367 e. The molecule has 2 rings (SSSR count). The molecule has 1 heterocycles. The number of rotatable bonds is 7. The van der Waals surface area contributed by atoms with E-state index in [4.69, 9.17) is 4.52 Å². The van der Waals surface area contributed by atoms with Gasteiger partial charge in [0.05, 0.1) is 12.2 Å². The van der Waals surface area contributed by atoms with Gasteiger partial charge in [-0.2, -0.15) is 0 Å². The summed E-state index contributed by atoms with van der Waals surface area (Å²) in [6.45, 7) is 8.90. The van der Waals surface area contributed by atoms with Crippen LogP contribution in [0.5, 0.6) is 0 Å². The Morgan fingerprint density at radius 1 is 1.24 bits per heavy atom. The van der Waals surface area contributed by atoms with Gasteiger partial charge in [-0.15, -0.1) is 0 Å². The van der Waals surface area contributed by atoms with Crippen molar-refractivity contribution < 1.29 is 4.52 Å². The average Bonchev–Trinajstić information content (AvgIpc) is 2.86. The maximum atomic E-state index is 5.42. The number of aromatic nitrogens is 1. The van der Waals surface area contributed by atoms with Gasteiger partial charge in [-0.1, -0.05) is 29.8 Å². The van der Waals surface area contributed by atoms with Crippen LogP contribution in [-0.4, -0.2) is 18.7 Å². The van der Waals surface area contributed by atoms with Crippen LogP contribution in [0, 0.1) is 13.8 Å². The van der Waals surface area contributed by atoms with E-state index in [1.165, 1.54) is 16.8 Å². The molecule has 0 aliphatic heterocycles. The highest BCUT2D eigenvalue weighted by Crippen LogP contribution is 2.21. The first kappa shape index (κ1) is 15.6. The fourth-order valence-corrected chi connectivity index (χ4v) is 2.46. The highest BCUT2D eigenvalue weighted by molar-refractivity contribution is 5.53. The Morgan fingerprint density at radius 3 is 2.76 bits per heavy atom. The second-order valence-corrected chi connectivity index (χ2v) is 5.61. The van der Waals surface area contributed by atoms with E-state index < -0.39 is 0 Å². The van der Waals surface area contributed by atoms with Crippen molar-refractivity contribution in [3.63, 3.8) is 0 Å². The predicted molar refractivity (Wildman–Crippen MR) is 86.5 cm³/mol. The van der Waals surface area contributed by atoms with Gasteiger partial charge in [0, 0.05) is 25.3 Å². The molecule has 0 radical (unpaired) electrons. The van der Waals surface area contributed by atoms with Crippen LogP contribution in [-0.2, 0) is 13.1 Å². The first-order valence-electron chi connectivity index (χ1n) is 7.53. The van der Waals surface area contributed by atoms with Crippen molar-refractivity contribution >= 4 is 5.69 Å². The summed E-state index contributed by atoms with van der Waals surface area (Å²) in [5.74, 6) is 0.894. The van der Waals surface area contributed by atoms with Gasteiger partial charge in [0.25, 0.3) is 0 Å². The van der Waals surface area contributed by atoms with Crippen molar-refractivity contribution in [1.82, 2.24) is 10.5 Å². The summed E-state index contributed by atoms with van der Waals surface area (Å²) in [4.78, 5) is 2.19. The Morgan fingerprint density at radius 2 is 2.05 bits per heavy atom. The van der Waals surface area contributed by atoms with Gasteiger partial charge in [-0.05, 0) is 38.4 Å². The molecule has 0 unspecified atom stereocenters. The summed E-state index contributed by atoms with van der Waals surface area (Å²) in [5, 5.41) is 7.44. The van der Waals surface area contributed by atoms with Crippen LogP contribution in [0.3, 0.4) is 0 Å². The van der Waals surface area contributed by atoms with E-state index in [2.05, 4.69) is 61.4 Å². The third-order valence-electron chi connectivity index (χ3n) is 3.50. The summed E-state index contributed by atoms with van der Waals surface area (Å²) >= 11 is 0. The SMILES string of the molecule is CCCNCc1cc(CN(C)c2ccc(C)cc2C)on1. The Kier molecular flexibility index (Phi) is 5.39. The molecule has 1 N–H and O–H groups in total. The van der Waals surface area contributed by atoms with Crippen LogP contribution in [0.4, 0.5) is 5.69 Å². The van der Waals surface area contributed by atoms with Gasteiger partial charge >= 0.3 is 0 Å². The maximum Gasteiger partial charge on any atom is 0.156 e. The van der Waals surface area contributed by atoms with E-state index in [1.807, 2.05) is 6.07 Å². The second-order valence-electron chi connectivity index (χ2n) is 5.61. The van der Waals surface area contributed by atoms with Crippen LogP contribution in [0.15, 0.2) is 28.8 Å². The third-order valence-corrected chi connectivity index (χ3v) is 3.50. The molecule has 1 aromatic heterocycles. The standard InChI is InChI=1S/C17H25N3O/c1-5-8-18-11-15-10-16(21-19-15)12-20(4)17-7-6-13(2)9-14(17)3/h6-7,9-10,18H,5,8,11-12H2,1-4H3. The molecular formula is C17H25N3O. The number of anilines is 1. The van der Waals surface area contributed by atoms with Gasteiger partial charge in [-0.3, -0.25) is 0 Å². The van der Waals surface area contributed by atoms with Gasteiger partial charge in [0.1, 0.15) is 0 Å². The smallest absolute Gasteiger partial charge is 0.156 e. The summed E-state index contributed by atoms with van der Waals surface area (Å²) in [6.07, 6.45) is 1.13. The lowest BCUT2D eigenvalue weighted by Crippen LogP contribution is -2.17. The molecule has 0 aliphatic carbocycles. The summed E-state index contributed by atoms with van der Waals surface area (Å²) in [6, 6.07) is 8.53. The zero-order chi connectivity index (χ0) is 15.2. The van der Waals surface area contributed by atoms with E-state index in [9.17, 15) is 0 Å². The van der Waals surface area contributed by atoms with Gasteiger partial charge in [-0.25, -0.2) is 0 Å². The molecule has 0 spiro atoms. The average molecular weight is 287 g/mol. The predicted octanol–water partition coefficient (Wildman–Crippen LogP) is 3.43. The first-order valence-corrected chi connectivity index (χ1v) is 7.53. The zero-order valence-electron chi connectivity index (χ0n) is 13.4. The highest BCUT2D eigenvalue weighted by atomic mass is 16.5. The van der Waals surface area contributed by atoms with E-state index in [0.29, 0.717) is 0 Å². The van der Waals surface area contributed by atoms with Crippen LogP contribution in [0.2, 0.25) is 0 Å². The summed E-state index contributed by atoms with van der Waals surface area (Å²) in [7, 11) is 2.08. The number of aryl methyl sites for hydroxylation is 2. The van der Waals surface area contributed by atoms with Gasteiger partial charge in [0.2, 0.25) is 0 Å². The molecule has 21 heavy (non-hydrogen) atoms. The molecule has 0 saturated heterocycles. The Balaban J connectivity index is 1.97. The monoisotopic (exact) mass is 287 g/mol. The van der Waals surface area contributed by atoms with Gasteiger partial charge < -0.3 is 14.7 Å². The Bertz CT molecular complexity index is 577. The molecule has 0 saturated carbocycles. The van der Waals surface area contributed by atoms with Crippen molar-refractivity contribution in [3.05, 3.63) is 46.8 Å². The Hall–Kier alpha value is -1.81. The molecule has 0 atom stereocenters. The normalized spacial score (nSPS) is 10.9. The second kappa shape index (κ2) is 7.27. The number of hydrogen-bond acceptors (Lipinski definition) is 4. The molecule has 4 heteroatoms. The minimum Gasteiger partial charge on any atom is -0.367 e. The van der Waals surface area contributed by atoms with Crippen molar-refractivity contribution in [2.45, 2.75) is 40.3 Å². The number of hydrogen-bond donors (Lipinski definition) is 1. The molecular weight excluding hydrogens is 262 g/mol. The fraction of sp³-hybridized carbons (Fsp3) is 0.471. The maximum absolute atomic E-state index is 5.42. The van der Waals surface area contributed by atoms with Gasteiger partial charge in [0.15, 0.2) is 5.76 Å². The molecule has 0 fully saturated rings. The lowest BCUT2D eigenvalue weighted by molar-refractivity contribution is 0.375. The zero-order valence-corrected chi connectivity index (χ0v) is 13.4. The van der Waals surface area contributed by atoms with Crippen LogP contribution >= 0.6 is 0 Å². The lowest BCUT2D eigenvalue weighted by atomic mass is 10.1. The van der Waals surface area contributed by atoms with Crippen LogP contribution in [0.25, 0.3) is 0 Å². The molecule has 0 amide bonds. The molecule has 0 aliphatic rings. The van der Waals surface area contributed by atoms with E-state index >= 15 is 0 Å². The molecule has 114 valence electrons. The molecule has 2 aromatic rings. The fourth-order valence-electron chi connectivity index (χ4n) is 2.46. The van der Waals surface area contributed by atoms with E-state index in [0.717, 1.165) is 37.5 Å². The summed E-state index contributed by atoms with van der Waals surface area (Å²) < 4.78 is 5.42. The van der Waals surface area contributed by atoms with E-state index in [-0.39, 0.29) is 0 Å². The molecule has 4 nitrogen and oxygen atoms in total. The first-order chi connectivity index (χ1) is 10.1. The number of nitrogens with zero attached hydrogens (tertiary/aromatic N) is 2. The lowest BCUT2D eigenvalue weighted by Gasteiger charge is -2.20. The quantitative estimate of drug-likeness (QED) is 0.792. The van der Waals surface area contributed by atoms with Crippen molar-refractivity contribution in [2.75, 3.05) is 18.5 Å². The minimum absolute atomic E-state index is 0.727. The minimum atomic E-state index is 0.727. The molecule has 1 aromatic carbocycles. The van der Waals surface area contributed by atoms with E-state index in [1.54, 1.807) is 0 Å². The van der Waals surface area contributed by atoms with Crippen molar-refractivity contribution in [1.29, 1.82) is 0 Å². The Labute approximate surface area is 127 Å². The third kappa shape index (κ3) is 4.33. The number of benzene rings is 1. The molecule has 0 bridgehead atoms. The topological polar surface area (TPSA) is 41.3 Å².